The highest BCUT2D eigenvalue weighted by Crippen LogP contribution is 2.33. The van der Waals surface area contributed by atoms with Gasteiger partial charge in [0, 0.05) is 6.20 Å². The molecule has 5 N–H and O–H groups in total. The van der Waals surface area contributed by atoms with Gasteiger partial charge in [0.05, 0.1) is 19.1 Å². The minimum atomic E-state index is -1.19. The number of fused-ring (bicyclic) bond motifs is 1. The van der Waals surface area contributed by atoms with Crippen molar-refractivity contribution in [3.05, 3.63) is 12.3 Å². The van der Waals surface area contributed by atoms with Crippen LogP contribution in [0.3, 0.4) is 0 Å². The molecular weight excluding hydrogens is 280 g/mol. The summed E-state index contributed by atoms with van der Waals surface area (Å²) in [5.74, 6) is 0.328. The molecule has 1 fully saturated rings. The maximum Gasteiger partial charge on any atom is 0.227 e. The summed E-state index contributed by atoms with van der Waals surface area (Å²) in [6.45, 7) is -0.394. The van der Waals surface area contributed by atoms with E-state index in [1.807, 2.05) is 0 Å². The fourth-order valence-electron chi connectivity index (χ4n) is 2.49. The largest absolute Gasteiger partial charge is 0.480 e. The molecule has 9 heteroatoms. The third-order valence-electron chi connectivity index (χ3n) is 3.54. The van der Waals surface area contributed by atoms with Gasteiger partial charge in [-0.25, -0.2) is 0 Å². The van der Waals surface area contributed by atoms with Crippen LogP contribution in [0.2, 0.25) is 0 Å². The first-order valence-corrected chi connectivity index (χ1v) is 6.37. The van der Waals surface area contributed by atoms with E-state index in [1.54, 1.807) is 12.3 Å². The molecule has 0 bridgehead atoms. The Kier molecular flexibility index (Phi) is 3.41. The number of aromatic nitrogens is 3. The number of aliphatic hydroxyl groups excluding tert-OH is 3. The molecule has 2 aromatic heterocycles. The number of hydrogen-bond acceptors (Lipinski definition) is 8. The van der Waals surface area contributed by atoms with Crippen molar-refractivity contribution in [2.75, 3.05) is 19.5 Å². The van der Waals surface area contributed by atoms with E-state index in [4.69, 9.17) is 20.3 Å². The Labute approximate surface area is 119 Å². The Bertz CT molecular complexity index is 660. The van der Waals surface area contributed by atoms with E-state index in [9.17, 15) is 10.2 Å². The summed E-state index contributed by atoms with van der Waals surface area (Å²) in [7, 11) is 1.46. The third-order valence-corrected chi connectivity index (χ3v) is 3.54. The van der Waals surface area contributed by atoms with Gasteiger partial charge in [-0.2, -0.15) is 9.97 Å². The molecule has 9 nitrogen and oxygen atoms in total. The van der Waals surface area contributed by atoms with Gasteiger partial charge in [0.2, 0.25) is 11.8 Å². The average Bonchev–Trinajstić information content (AvgIpc) is 3.01. The van der Waals surface area contributed by atoms with Crippen molar-refractivity contribution in [1.82, 2.24) is 14.5 Å². The molecular formula is C12H16N4O5. The minimum Gasteiger partial charge on any atom is -0.480 e. The minimum absolute atomic E-state index is 0.0195. The van der Waals surface area contributed by atoms with Crippen LogP contribution >= 0.6 is 0 Å². The first-order chi connectivity index (χ1) is 10.1. The standard InChI is InChI=1S/C12H16N4O5/c1-20-10-5-2-3-16(9(5)14-12(13)15-10)11-8(19)7(18)6(4-17)21-11/h2-3,6-8,11,17-19H,4H2,1H3,(H2,13,14,15)/t6-,7-,8-,11?/m1/s1. The summed E-state index contributed by atoms with van der Waals surface area (Å²) in [5, 5.41) is 29.6. The molecule has 3 rings (SSSR count). The highest BCUT2D eigenvalue weighted by atomic mass is 16.6. The fraction of sp³-hybridized carbons (Fsp3) is 0.500. The van der Waals surface area contributed by atoms with Gasteiger partial charge in [-0.1, -0.05) is 0 Å². The lowest BCUT2D eigenvalue weighted by Gasteiger charge is -2.17. The summed E-state index contributed by atoms with van der Waals surface area (Å²) in [5.41, 5.74) is 6.05. The van der Waals surface area contributed by atoms with Crippen molar-refractivity contribution in [2.45, 2.75) is 24.5 Å². The molecule has 0 aromatic carbocycles. The van der Waals surface area contributed by atoms with Gasteiger partial charge in [-0.15, -0.1) is 0 Å². The smallest absolute Gasteiger partial charge is 0.227 e. The molecule has 4 atom stereocenters. The van der Waals surface area contributed by atoms with Crippen molar-refractivity contribution >= 4 is 17.0 Å². The van der Waals surface area contributed by atoms with E-state index >= 15 is 0 Å². The molecule has 2 aromatic rings. The first-order valence-electron chi connectivity index (χ1n) is 6.37. The molecule has 1 saturated heterocycles. The van der Waals surface area contributed by atoms with Crippen LogP contribution in [0.4, 0.5) is 5.95 Å². The molecule has 1 aliphatic rings. The number of aliphatic hydroxyl groups is 3. The highest BCUT2D eigenvalue weighted by molar-refractivity contribution is 5.82. The Morgan fingerprint density at radius 2 is 2.14 bits per heavy atom. The van der Waals surface area contributed by atoms with Crippen LogP contribution in [-0.2, 0) is 4.74 Å². The Hall–Kier alpha value is -1.94. The monoisotopic (exact) mass is 296 g/mol. The lowest BCUT2D eigenvalue weighted by molar-refractivity contribution is -0.0508. The van der Waals surface area contributed by atoms with Crippen LogP contribution in [0.25, 0.3) is 11.0 Å². The number of nitrogen functional groups attached to an aromatic ring is 1. The Morgan fingerprint density at radius 3 is 2.76 bits per heavy atom. The van der Waals surface area contributed by atoms with E-state index in [1.165, 1.54) is 11.7 Å². The number of nitrogens with two attached hydrogens (primary N) is 1. The van der Waals surface area contributed by atoms with E-state index in [2.05, 4.69) is 9.97 Å². The summed E-state index contributed by atoms with van der Waals surface area (Å²) in [6, 6.07) is 1.70. The lowest BCUT2D eigenvalue weighted by atomic mass is 10.1. The second-order valence-electron chi connectivity index (χ2n) is 4.78. The molecule has 1 unspecified atom stereocenters. The number of hydrogen-bond donors (Lipinski definition) is 4. The lowest BCUT2D eigenvalue weighted by Crippen LogP contribution is -2.33. The SMILES string of the molecule is COc1nc(N)nc2c1ccn2C1O[C@H](CO)[C@@H](O)[C@H]1O. The van der Waals surface area contributed by atoms with E-state index in [-0.39, 0.29) is 5.95 Å². The van der Waals surface area contributed by atoms with Crippen LogP contribution in [0, 0.1) is 0 Å². The van der Waals surface area contributed by atoms with Crippen molar-refractivity contribution in [3.63, 3.8) is 0 Å². The fourth-order valence-corrected chi connectivity index (χ4v) is 2.49. The molecule has 0 aliphatic carbocycles. The third kappa shape index (κ3) is 2.10. The zero-order valence-electron chi connectivity index (χ0n) is 11.2. The van der Waals surface area contributed by atoms with Gasteiger partial charge in [0.25, 0.3) is 0 Å². The zero-order chi connectivity index (χ0) is 15.1. The van der Waals surface area contributed by atoms with Crippen molar-refractivity contribution < 1.29 is 24.8 Å². The molecule has 3 heterocycles. The molecule has 0 amide bonds. The maximum atomic E-state index is 10.1. The molecule has 114 valence electrons. The molecule has 21 heavy (non-hydrogen) atoms. The van der Waals surface area contributed by atoms with E-state index in [0.717, 1.165) is 0 Å². The number of nitrogens with zero attached hydrogens (tertiary/aromatic N) is 3. The summed E-state index contributed by atoms with van der Waals surface area (Å²) >= 11 is 0. The quantitative estimate of drug-likeness (QED) is 0.545. The number of ether oxygens (including phenoxy) is 2. The average molecular weight is 296 g/mol. The van der Waals surface area contributed by atoms with Gasteiger partial charge in [0.1, 0.15) is 18.3 Å². The van der Waals surface area contributed by atoms with Crippen molar-refractivity contribution in [2.24, 2.45) is 0 Å². The molecule has 0 saturated carbocycles. The van der Waals surface area contributed by atoms with Gasteiger partial charge in [-0.3, -0.25) is 0 Å². The van der Waals surface area contributed by atoms with Gasteiger partial charge in [0.15, 0.2) is 11.9 Å². The van der Waals surface area contributed by atoms with Crippen LogP contribution in [-0.4, -0.2) is 61.9 Å². The van der Waals surface area contributed by atoms with E-state index in [0.29, 0.717) is 16.9 Å². The molecule has 1 aliphatic heterocycles. The van der Waals surface area contributed by atoms with Crippen LogP contribution in [0.1, 0.15) is 6.23 Å². The predicted octanol–water partition coefficient (Wildman–Crippen LogP) is -1.37. The van der Waals surface area contributed by atoms with Gasteiger partial charge < -0.3 is 35.1 Å². The number of methoxy groups -OCH3 is 1. The van der Waals surface area contributed by atoms with Crippen LogP contribution < -0.4 is 10.5 Å². The summed E-state index contributed by atoms with van der Waals surface area (Å²) in [6.07, 6.45) is -2.49. The van der Waals surface area contributed by atoms with Crippen LogP contribution in [0.15, 0.2) is 12.3 Å². The van der Waals surface area contributed by atoms with Crippen molar-refractivity contribution in [1.29, 1.82) is 0 Å². The number of anilines is 1. The second kappa shape index (κ2) is 5.11. The first kappa shape index (κ1) is 14.0. The topological polar surface area (TPSA) is 136 Å². The van der Waals surface area contributed by atoms with Gasteiger partial charge >= 0.3 is 0 Å². The Balaban J connectivity index is 2.07. The number of rotatable bonds is 3. The van der Waals surface area contributed by atoms with E-state index < -0.39 is 31.1 Å². The highest BCUT2D eigenvalue weighted by Gasteiger charge is 2.43. The maximum absolute atomic E-state index is 10.1. The summed E-state index contributed by atoms with van der Waals surface area (Å²) < 4.78 is 12.1. The second-order valence-corrected chi connectivity index (χ2v) is 4.78. The predicted molar refractivity (Wildman–Crippen MR) is 71.5 cm³/mol. The zero-order valence-corrected chi connectivity index (χ0v) is 11.2. The Morgan fingerprint density at radius 1 is 1.38 bits per heavy atom. The van der Waals surface area contributed by atoms with Gasteiger partial charge in [-0.05, 0) is 6.07 Å². The molecule has 0 spiro atoms. The summed E-state index contributed by atoms with van der Waals surface area (Å²) in [4.78, 5) is 8.08. The van der Waals surface area contributed by atoms with Crippen molar-refractivity contribution in [3.8, 4) is 5.88 Å². The van der Waals surface area contributed by atoms with Crippen LogP contribution in [0.5, 0.6) is 5.88 Å². The normalized spacial score (nSPS) is 29.1. The molecule has 0 radical (unpaired) electrons.